The van der Waals surface area contributed by atoms with Gasteiger partial charge in [-0.3, -0.25) is 9.59 Å². The summed E-state index contributed by atoms with van der Waals surface area (Å²) in [6.07, 6.45) is 1.70. The van der Waals surface area contributed by atoms with Crippen LogP contribution in [0.2, 0.25) is 0 Å². The largest absolute Gasteiger partial charge is 0.386 e. The predicted octanol–water partition coefficient (Wildman–Crippen LogP) is 3.76. The van der Waals surface area contributed by atoms with E-state index in [4.69, 9.17) is 5.73 Å². The van der Waals surface area contributed by atoms with Gasteiger partial charge in [-0.2, -0.15) is 0 Å². The predicted molar refractivity (Wildman–Crippen MR) is 120 cm³/mol. The third-order valence-electron chi connectivity index (χ3n) is 5.19. The SMILES string of the molecule is C=C(N)NCCC[C@H](CC(=O)[C@@H](NC(C)C)C(C)c1ccccc1)C(=O)C(C)C. The van der Waals surface area contributed by atoms with E-state index < -0.39 is 0 Å². The minimum Gasteiger partial charge on any atom is -0.386 e. The standard InChI is InChI=1S/C24H39N3O2/c1-16(2)24(29)21(13-10-14-26-19(6)25)15-22(28)23(27-17(3)4)18(5)20-11-8-7-9-12-20/h7-9,11-12,16-18,21,23,26-27H,6,10,13-15,25H2,1-5H3/t18?,21-,23+/m1/s1. The Labute approximate surface area is 176 Å². The van der Waals surface area contributed by atoms with Gasteiger partial charge in [0.25, 0.3) is 0 Å². The number of nitrogens with two attached hydrogens (primary N) is 1. The summed E-state index contributed by atoms with van der Waals surface area (Å²) in [5, 5.41) is 6.42. The minimum atomic E-state index is -0.318. The van der Waals surface area contributed by atoms with Gasteiger partial charge in [0.15, 0.2) is 5.78 Å². The van der Waals surface area contributed by atoms with E-state index in [0.717, 1.165) is 12.0 Å². The molecule has 0 radical (unpaired) electrons. The van der Waals surface area contributed by atoms with Crippen molar-refractivity contribution >= 4 is 11.6 Å². The maximum atomic E-state index is 13.3. The lowest BCUT2D eigenvalue weighted by Crippen LogP contribution is -2.45. The first-order valence-electron chi connectivity index (χ1n) is 10.7. The van der Waals surface area contributed by atoms with Crippen LogP contribution < -0.4 is 16.4 Å². The van der Waals surface area contributed by atoms with Crippen molar-refractivity contribution in [3.63, 3.8) is 0 Å². The number of carbonyl (C=O) groups excluding carboxylic acids is 2. The average molecular weight is 402 g/mol. The normalized spacial score (nSPS) is 14.4. The zero-order valence-electron chi connectivity index (χ0n) is 18.7. The van der Waals surface area contributed by atoms with Gasteiger partial charge in [-0.05, 0) is 18.4 Å². The summed E-state index contributed by atoms with van der Waals surface area (Å²) in [6, 6.07) is 9.92. The van der Waals surface area contributed by atoms with Crippen LogP contribution in [0.15, 0.2) is 42.7 Å². The topological polar surface area (TPSA) is 84.2 Å². The van der Waals surface area contributed by atoms with E-state index in [1.807, 2.05) is 45.9 Å². The quantitative estimate of drug-likeness (QED) is 0.413. The molecule has 29 heavy (non-hydrogen) atoms. The van der Waals surface area contributed by atoms with Crippen LogP contribution in [-0.4, -0.2) is 30.2 Å². The third kappa shape index (κ3) is 8.82. The molecule has 5 heteroatoms. The lowest BCUT2D eigenvalue weighted by Gasteiger charge is -2.28. The molecule has 0 spiro atoms. The van der Waals surface area contributed by atoms with Gasteiger partial charge in [0.05, 0.1) is 11.9 Å². The van der Waals surface area contributed by atoms with Crippen LogP contribution in [0.4, 0.5) is 0 Å². The van der Waals surface area contributed by atoms with Crippen molar-refractivity contribution in [1.82, 2.24) is 10.6 Å². The first-order chi connectivity index (χ1) is 13.6. The molecule has 0 fully saturated rings. The van der Waals surface area contributed by atoms with Crippen LogP contribution in [0.3, 0.4) is 0 Å². The highest BCUT2D eigenvalue weighted by atomic mass is 16.1. The number of Topliss-reactive ketones (excluding diaryl/α,β-unsaturated/α-hetero) is 2. The molecule has 1 aromatic rings. The summed E-state index contributed by atoms with van der Waals surface area (Å²) in [7, 11) is 0. The summed E-state index contributed by atoms with van der Waals surface area (Å²) in [6.45, 7) is 14.2. The molecular formula is C24H39N3O2. The molecule has 3 atom stereocenters. The number of ketones is 2. The molecule has 162 valence electrons. The molecule has 5 nitrogen and oxygen atoms in total. The summed E-state index contributed by atoms with van der Waals surface area (Å²) < 4.78 is 0. The van der Waals surface area contributed by atoms with E-state index in [1.165, 1.54) is 0 Å². The zero-order chi connectivity index (χ0) is 22.0. The van der Waals surface area contributed by atoms with E-state index in [0.29, 0.717) is 18.8 Å². The van der Waals surface area contributed by atoms with Gasteiger partial charge in [0, 0.05) is 36.8 Å². The highest BCUT2D eigenvalue weighted by Gasteiger charge is 2.31. The minimum absolute atomic E-state index is 0.0307. The molecule has 1 aromatic carbocycles. The maximum Gasteiger partial charge on any atom is 0.151 e. The van der Waals surface area contributed by atoms with E-state index in [1.54, 1.807) is 0 Å². The van der Waals surface area contributed by atoms with Crippen molar-refractivity contribution in [3.8, 4) is 0 Å². The molecule has 0 amide bonds. The second kappa shape index (κ2) is 12.4. The summed E-state index contributed by atoms with van der Waals surface area (Å²) >= 11 is 0. The number of carbonyl (C=O) groups is 2. The fraction of sp³-hybridized carbons (Fsp3) is 0.583. The summed E-state index contributed by atoms with van der Waals surface area (Å²) in [5.41, 5.74) is 6.66. The highest BCUT2D eigenvalue weighted by Crippen LogP contribution is 2.25. The Balaban J connectivity index is 2.92. The summed E-state index contributed by atoms with van der Waals surface area (Å²) in [4.78, 5) is 26.1. The van der Waals surface area contributed by atoms with Crippen molar-refractivity contribution in [1.29, 1.82) is 0 Å². The first kappa shape index (κ1) is 24.9. The molecule has 0 aliphatic heterocycles. The Hall–Kier alpha value is -2.14. The van der Waals surface area contributed by atoms with Crippen molar-refractivity contribution in [2.45, 2.75) is 71.9 Å². The molecule has 0 aromatic heterocycles. The number of nitrogens with one attached hydrogen (secondary N) is 2. The van der Waals surface area contributed by atoms with Gasteiger partial charge in [-0.25, -0.2) is 0 Å². The average Bonchev–Trinajstić information content (AvgIpc) is 2.67. The monoisotopic (exact) mass is 401 g/mol. The molecule has 1 unspecified atom stereocenters. The van der Waals surface area contributed by atoms with Gasteiger partial charge in [-0.1, -0.05) is 71.5 Å². The Morgan fingerprint density at radius 2 is 1.69 bits per heavy atom. The van der Waals surface area contributed by atoms with E-state index in [9.17, 15) is 9.59 Å². The Morgan fingerprint density at radius 1 is 1.07 bits per heavy atom. The second-order valence-electron chi connectivity index (χ2n) is 8.52. The van der Waals surface area contributed by atoms with Crippen LogP contribution in [0, 0.1) is 11.8 Å². The summed E-state index contributed by atoms with van der Waals surface area (Å²) in [5.74, 6) is 0.350. The first-order valence-corrected chi connectivity index (χ1v) is 10.7. The van der Waals surface area contributed by atoms with E-state index >= 15 is 0 Å². The van der Waals surface area contributed by atoms with Crippen LogP contribution in [0.5, 0.6) is 0 Å². The van der Waals surface area contributed by atoms with Crippen molar-refractivity contribution in [3.05, 3.63) is 48.3 Å². The number of rotatable bonds is 14. The molecule has 1 rings (SSSR count). The Kier molecular flexibility index (Phi) is 10.7. The highest BCUT2D eigenvalue weighted by molar-refractivity contribution is 5.91. The third-order valence-corrected chi connectivity index (χ3v) is 5.19. The second-order valence-corrected chi connectivity index (χ2v) is 8.52. The number of hydrogen-bond donors (Lipinski definition) is 3. The van der Waals surface area contributed by atoms with Gasteiger partial charge < -0.3 is 16.4 Å². The Bertz CT molecular complexity index is 655. The molecule has 0 heterocycles. The molecule has 0 aliphatic carbocycles. The molecule has 0 saturated carbocycles. The Morgan fingerprint density at radius 3 is 2.21 bits per heavy atom. The fourth-order valence-corrected chi connectivity index (χ4v) is 3.61. The van der Waals surface area contributed by atoms with Gasteiger partial charge in [0.1, 0.15) is 5.78 Å². The van der Waals surface area contributed by atoms with Crippen LogP contribution >= 0.6 is 0 Å². The van der Waals surface area contributed by atoms with Gasteiger partial charge in [0.2, 0.25) is 0 Å². The van der Waals surface area contributed by atoms with Crippen LogP contribution in [-0.2, 0) is 9.59 Å². The van der Waals surface area contributed by atoms with E-state index in [2.05, 4.69) is 36.3 Å². The number of benzene rings is 1. The van der Waals surface area contributed by atoms with E-state index in [-0.39, 0.29) is 47.8 Å². The van der Waals surface area contributed by atoms with Crippen LogP contribution in [0.1, 0.15) is 65.4 Å². The molecule has 0 aliphatic rings. The van der Waals surface area contributed by atoms with Gasteiger partial charge >= 0.3 is 0 Å². The molecule has 4 N–H and O–H groups in total. The van der Waals surface area contributed by atoms with Gasteiger partial charge in [-0.15, -0.1) is 0 Å². The smallest absolute Gasteiger partial charge is 0.151 e. The lowest BCUT2D eigenvalue weighted by atomic mass is 9.82. The lowest BCUT2D eigenvalue weighted by molar-refractivity contribution is -0.131. The fourth-order valence-electron chi connectivity index (χ4n) is 3.61. The zero-order valence-corrected chi connectivity index (χ0v) is 18.7. The maximum absolute atomic E-state index is 13.3. The molecule has 0 saturated heterocycles. The molecule has 0 bridgehead atoms. The molecular weight excluding hydrogens is 362 g/mol. The van der Waals surface area contributed by atoms with Crippen molar-refractivity contribution in [2.75, 3.05) is 6.54 Å². The number of hydrogen-bond acceptors (Lipinski definition) is 5. The van der Waals surface area contributed by atoms with Crippen molar-refractivity contribution in [2.24, 2.45) is 17.6 Å². The van der Waals surface area contributed by atoms with Crippen LogP contribution in [0.25, 0.3) is 0 Å². The van der Waals surface area contributed by atoms with Crippen molar-refractivity contribution < 1.29 is 9.59 Å².